The zero-order chi connectivity index (χ0) is 15.8. The van der Waals surface area contributed by atoms with Gasteiger partial charge < -0.3 is 5.32 Å². The molecule has 0 saturated carbocycles. The van der Waals surface area contributed by atoms with Gasteiger partial charge in [-0.3, -0.25) is 0 Å². The van der Waals surface area contributed by atoms with Gasteiger partial charge in [-0.15, -0.1) is 0 Å². The lowest BCUT2D eigenvalue weighted by molar-refractivity contribution is 0.415. The van der Waals surface area contributed by atoms with Crippen LogP contribution in [0.25, 0.3) is 0 Å². The second kappa shape index (κ2) is 5.77. The third-order valence-electron chi connectivity index (χ3n) is 4.15. The van der Waals surface area contributed by atoms with Crippen molar-refractivity contribution in [2.45, 2.75) is 18.5 Å². The number of hydrogen-bond donors (Lipinski definition) is 1. The first-order valence-electron chi connectivity index (χ1n) is 7.38. The fourth-order valence-corrected chi connectivity index (χ4v) is 3.48. The number of fused-ring (bicyclic) bond motifs is 1. The maximum atomic E-state index is 14.3. The molecule has 116 valence electrons. The highest BCUT2D eigenvalue weighted by Crippen LogP contribution is 2.38. The zero-order valence-corrected chi connectivity index (χ0v) is 13.7. The summed E-state index contributed by atoms with van der Waals surface area (Å²) in [5, 5.41) is 7.65. The number of nitrogens with zero attached hydrogens (tertiary/aromatic N) is 3. The van der Waals surface area contributed by atoms with Gasteiger partial charge in [0.2, 0.25) is 5.95 Å². The van der Waals surface area contributed by atoms with Gasteiger partial charge in [-0.1, -0.05) is 46.3 Å². The number of anilines is 1. The topological polar surface area (TPSA) is 42.7 Å². The van der Waals surface area contributed by atoms with Crippen LogP contribution in [0, 0.1) is 5.82 Å². The summed E-state index contributed by atoms with van der Waals surface area (Å²) >= 11 is 3.50. The van der Waals surface area contributed by atoms with E-state index >= 15 is 0 Å². The fourth-order valence-electron chi connectivity index (χ4n) is 3.07. The Labute approximate surface area is 141 Å². The van der Waals surface area contributed by atoms with Gasteiger partial charge in [0.05, 0.1) is 12.1 Å². The van der Waals surface area contributed by atoms with Crippen LogP contribution in [0.4, 0.5) is 10.3 Å². The minimum atomic E-state index is -0.214. The predicted molar refractivity (Wildman–Crippen MR) is 89.7 cm³/mol. The molecule has 2 heterocycles. The summed E-state index contributed by atoms with van der Waals surface area (Å²) in [5.41, 5.74) is 1.77. The third kappa shape index (κ3) is 2.63. The Kier molecular flexibility index (Phi) is 3.61. The first-order chi connectivity index (χ1) is 11.2. The van der Waals surface area contributed by atoms with Gasteiger partial charge in [-0.25, -0.2) is 9.07 Å². The largest absolute Gasteiger partial charge is 0.348 e. The molecule has 23 heavy (non-hydrogen) atoms. The maximum absolute atomic E-state index is 14.3. The van der Waals surface area contributed by atoms with Crippen LogP contribution in [-0.2, 0) is 0 Å². The van der Waals surface area contributed by atoms with Gasteiger partial charge >= 0.3 is 0 Å². The quantitative estimate of drug-likeness (QED) is 0.727. The van der Waals surface area contributed by atoms with Gasteiger partial charge in [-0.2, -0.15) is 10.1 Å². The second-order valence-corrected chi connectivity index (χ2v) is 6.47. The number of aromatic nitrogens is 3. The van der Waals surface area contributed by atoms with E-state index in [1.807, 2.05) is 24.3 Å². The normalized spacial score (nSPS) is 19.9. The van der Waals surface area contributed by atoms with E-state index in [2.05, 4.69) is 43.5 Å². The Bertz CT molecular complexity index is 848. The number of rotatable bonds is 2. The Hall–Kier alpha value is -2.21. The van der Waals surface area contributed by atoms with Crippen molar-refractivity contribution in [3.63, 3.8) is 0 Å². The number of halogens is 2. The van der Waals surface area contributed by atoms with Gasteiger partial charge in [0.15, 0.2) is 0 Å². The predicted octanol–water partition coefficient (Wildman–Crippen LogP) is 4.33. The number of nitrogens with one attached hydrogen (secondary N) is 1. The average Bonchev–Trinajstić information content (AvgIpc) is 3.03. The van der Waals surface area contributed by atoms with Gasteiger partial charge in [0.1, 0.15) is 12.1 Å². The van der Waals surface area contributed by atoms with Crippen molar-refractivity contribution in [1.82, 2.24) is 14.8 Å². The molecule has 1 aromatic heterocycles. The highest BCUT2D eigenvalue weighted by molar-refractivity contribution is 9.10. The highest BCUT2D eigenvalue weighted by Gasteiger charge is 2.31. The van der Waals surface area contributed by atoms with E-state index in [0.29, 0.717) is 17.9 Å². The molecule has 0 saturated heterocycles. The van der Waals surface area contributed by atoms with Crippen LogP contribution in [0.1, 0.15) is 29.6 Å². The van der Waals surface area contributed by atoms with Gasteiger partial charge in [0, 0.05) is 10.0 Å². The molecule has 1 aliphatic heterocycles. The lowest BCUT2D eigenvalue weighted by atomic mass is 9.93. The van der Waals surface area contributed by atoms with E-state index in [1.165, 1.54) is 12.4 Å². The van der Waals surface area contributed by atoms with Crippen molar-refractivity contribution in [2.75, 3.05) is 5.32 Å². The van der Waals surface area contributed by atoms with Crippen LogP contribution in [-0.4, -0.2) is 14.8 Å². The smallest absolute Gasteiger partial charge is 0.222 e. The number of benzene rings is 2. The van der Waals surface area contributed by atoms with Crippen LogP contribution < -0.4 is 5.32 Å². The summed E-state index contributed by atoms with van der Waals surface area (Å²) in [4.78, 5) is 4.27. The van der Waals surface area contributed by atoms with Crippen molar-refractivity contribution >= 4 is 21.9 Å². The summed E-state index contributed by atoms with van der Waals surface area (Å²) in [7, 11) is 0. The van der Waals surface area contributed by atoms with Crippen molar-refractivity contribution in [3.8, 4) is 0 Å². The molecule has 0 radical (unpaired) electrons. The SMILES string of the molecule is Fc1ccccc1C1CC(c2cccc(Br)c2)Nc2ncnn21. The molecule has 4 nitrogen and oxygen atoms in total. The molecular weight excluding hydrogens is 359 g/mol. The molecule has 0 amide bonds. The van der Waals surface area contributed by atoms with Crippen LogP contribution in [0.3, 0.4) is 0 Å². The van der Waals surface area contributed by atoms with Crippen LogP contribution >= 0.6 is 15.9 Å². The van der Waals surface area contributed by atoms with Crippen molar-refractivity contribution in [1.29, 1.82) is 0 Å². The molecule has 4 rings (SSSR count). The van der Waals surface area contributed by atoms with E-state index < -0.39 is 0 Å². The minimum absolute atomic E-state index is 0.0498. The third-order valence-corrected chi connectivity index (χ3v) is 4.64. The molecule has 2 aromatic carbocycles. The van der Waals surface area contributed by atoms with E-state index in [-0.39, 0.29) is 17.9 Å². The second-order valence-electron chi connectivity index (χ2n) is 5.55. The molecule has 2 unspecified atom stereocenters. The average molecular weight is 373 g/mol. The minimum Gasteiger partial charge on any atom is -0.348 e. The molecule has 3 aromatic rings. The first-order valence-corrected chi connectivity index (χ1v) is 8.17. The maximum Gasteiger partial charge on any atom is 0.222 e. The Morgan fingerprint density at radius 1 is 1.17 bits per heavy atom. The molecule has 1 N–H and O–H groups in total. The lowest BCUT2D eigenvalue weighted by Crippen LogP contribution is -2.28. The van der Waals surface area contributed by atoms with Crippen LogP contribution in [0.15, 0.2) is 59.3 Å². The van der Waals surface area contributed by atoms with Gasteiger partial charge in [0.25, 0.3) is 0 Å². The highest BCUT2D eigenvalue weighted by atomic mass is 79.9. The van der Waals surface area contributed by atoms with Crippen molar-refractivity contribution < 1.29 is 4.39 Å². The fraction of sp³-hybridized carbons (Fsp3) is 0.176. The first kappa shape index (κ1) is 14.4. The van der Waals surface area contributed by atoms with E-state index in [0.717, 1.165) is 10.0 Å². The van der Waals surface area contributed by atoms with Crippen molar-refractivity contribution in [3.05, 3.63) is 76.3 Å². The van der Waals surface area contributed by atoms with Gasteiger partial charge in [-0.05, 0) is 30.2 Å². The summed E-state index contributed by atoms with van der Waals surface area (Å²) in [6, 6.07) is 14.8. The molecule has 0 aliphatic carbocycles. The monoisotopic (exact) mass is 372 g/mol. The summed E-state index contributed by atoms with van der Waals surface area (Å²) in [5.74, 6) is 0.448. The Morgan fingerprint density at radius 2 is 2.04 bits per heavy atom. The molecule has 6 heteroatoms. The molecule has 0 bridgehead atoms. The molecule has 0 fully saturated rings. The molecule has 2 atom stereocenters. The summed E-state index contributed by atoms with van der Waals surface area (Å²) < 4.78 is 17.1. The molecule has 1 aliphatic rings. The summed E-state index contributed by atoms with van der Waals surface area (Å²) in [6.07, 6.45) is 2.20. The van der Waals surface area contributed by atoms with Crippen LogP contribution in [0.5, 0.6) is 0 Å². The molecular formula is C17H14BrFN4. The van der Waals surface area contributed by atoms with E-state index in [9.17, 15) is 4.39 Å². The number of hydrogen-bond acceptors (Lipinski definition) is 3. The van der Waals surface area contributed by atoms with E-state index in [1.54, 1.807) is 10.7 Å². The molecule has 0 spiro atoms. The van der Waals surface area contributed by atoms with Crippen LogP contribution in [0.2, 0.25) is 0 Å². The van der Waals surface area contributed by atoms with E-state index in [4.69, 9.17) is 0 Å². The standard InChI is InChI=1S/C17H14BrFN4/c18-12-5-3-4-11(8-12)15-9-16(13-6-1-2-7-14(13)19)23-17(22-15)20-10-21-23/h1-8,10,15-16H,9H2,(H,20,21,22). The Morgan fingerprint density at radius 3 is 2.87 bits per heavy atom. The summed E-state index contributed by atoms with van der Waals surface area (Å²) in [6.45, 7) is 0. The lowest BCUT2D eigenvalue weighted by Gasteiger charge is -2.32. The Balaban J connectivity index is 1.77. The zero-order valence-electron chi connectivity index (χ0n) is 12.2. The van der Waals surface area contributed by atoms with Crippen molar-refractivity contribution in [2.24, 2.45) is 0 Å².